The molecule has 0 amide bonds. The van der Waals surface area contributed by atoms with Crippen LogP contribution in [0.25, 0.3) is 0 Å². The molecular formula is C11H14ClNO2. The van der Waals surface area contributed by atoms with Gasteiger partial charge in [0, 0.05) is 17.3 Å². The molecule has 0 saturated carbocycles. The Morgan fingerprint density at radius 1 is 1.40 bits per heavy atom. The number of carboxylic acid groups (broad SMARTS) is 1. The van der Waals surface area contributed by atoms with Gasteiger partial charge < -0.3 is 10.4 Å². The van der Waals surface area contributed by atoms with E-state index in [0.717, 1.165) is 5.69 Å². The number of rotatable bonds is 4. The van der Waals surface area contributed by atoms with E-state index in [-0.39, 0.29) is 0 Å². The minimum atomic E-state index is -0.816. The highest BCUT2D eigenvalue weighted by atomic mass is 35.5. The maximum Gasteiger partial charge on any atom is 0.310 e. The summed E-state index contributed by atoms with van der Waals surface area (Å²) < 4.78 is 0. The van der Waals surface area contributed by atoms with E-state index in [0.29, 0.717) is 11.6 Å². The molecule has 0 aliphatic carbocycles. The predicted octanol–water partition coefficient (Wildman–Crippen LogP) is 2.86. The Kier molecular flexibility index (Phi) is 3.58. The molecule has 0 aliphatic rings. The maximum absolute atomic E-state index is 10.8. The van der Waals surface area contributed by atoms with Crippen LogP contribution in [-0.4, -0.2) is 17.6 Å². The molecule has 0 spiro atoms. The first-order chi connectivity index (χ1) is 6.92. The second-order valence-corrected chi connectivity index (χ2v) is 4.49. The van der Waals surface area contributed by atoms with Crippen LogP contribution in [0.4, 0.5) is 5.69 Å². The number of nitrogens with one attached hydrogen (secondary N) is 1. The van der Waals surface area contributed by atoms with Crippen molar-refractivity contribution >= 4 is 23.3 Å². The first-order valence-corrected chi connectivity index (χ1v) is 5.02. The molecule has 15 heavy (non-hydrogen) atoms. The van der Waals surface area contributed by atoms with Gasteiger partial charge in [0.2, 0.25) is 0 Å². The number of hydrogen-bond donors (Lipinski definition) is 2. The van der Waals surface area contributed by atoms with Gasteiger partial charge in [0.05, 0.1) is 5.41 Å². The minimum absolute atomic E-state index is 0.379. The molecule has 0 saturated heterocycles. The minimum Gasteiger partial charge on any atom is -0.481 e. The highest BCUT2D eigenvalue weighted by Crippen LogP contribution is 2.18. The second-order valence-electron chi connectivity index (χ2n) is 4.05. The number of hydrogen-bond acceptors (Lipinski definition) is 2. The van der Waals surface area contributed by atoms with E-state index >= 15 is 0 Å². The predicted molar refractivity (Wildman–Crippen MR) is 61.4 cm³/mol. The van der Waals surface area contributed by atoms with Crippen LogP contribution in [0.1, 0.15) is 13.8 Å². The van der Waals surface area contributed by atoms with Crippen LogP contribution in [0.2, 0.25) is 5.02 Å². The summed E-state index contributed by atoms with van der Waals surface area (Å²) in [4.78, 5) is 10.8. The lowest BCUT2D eigenvalue weighted by molar-refractivity contribution is -0.146. The van der Waals surface area contributed by atoms with Crippen LogP contribution in [0, 0.1) is 5.41 Å². The zero-order valence-corrected chi connectivity index (χ0v) is 9.51. The molecule has 0 aromatic heterocycles. The van der Waals surface area contributed by atoms with Gasteiger partial charge in [0.1, 0.15) is 0 Å². The fourth-order valence-electron chi connectivity index (χ4n) is 0.966. The largest absolute Gasteiger partial charge is 0.481 e. The molecule has 0 bridgehead atoms. The van der Waals surface area contributed by atoms with Gasteiger partial charge in [-0.05, 0) is 38.1 Å². The molecule has 82 valence electrons. The lowest BCUT2D eigenvalue weighted by Gasteiger charge is -2.20. The molecular weight excluding hydrogens is 214 g/mol. The molecule has 0 heterocycles. The van der Waals surface area contributed by atoms with Crippen molar-refractivity contribution in [2.24, 2.45) is 5.41 Å². The molecule has 0 aliphatic heterocycles. The molecule has 0 unspecified atom stereocenters. The SMILES string of the molecule is CC(C)(CNc1ccc(Cl)cc1)C(=O)O. The smallest absolute Gasteiger partial charge is 0.310 e. The van der Waals surface area contributed by atoms with E-state index in [1.807, 2.05) is 12.1 Å². The quantitative estimate of drug-likeness (QED) is 0.832. The van der Waals surface area contributed by atoms with E-state index in [1.54, 1.807) is 26.0 Å². The molecule has 0 fully saturated rings. The van der Waals surface area contributed by atoms with E-state index in [4.69, 9.17) is 16.7 Å². The monoisotopic (exact) mass is 227 g/mol. The third kappa shape index (κ3) is 3.44. The van der Waals surface area contributed by atoms with Gasteiger partial charge in [-0.1, -0.05) is 11.6 Å². The Morgan fingerprint density at radius 2 is 1.93 bits per heavy atom. The van der Waals surface area contributed by atoms with Crippen LogP contribution in [0.15, 0.2) is 24.3 Å². The number of benzene rings is 1. The first kappa shape index (κ1) is 11.9. The molecule has 0 atom stereocenters. The summed E-state index contributed by atoms with van der Waals surface area (Å²) in [6, 6.07) is 7.16. The van der Waals surface area contributed by atoms with Crippen molar-refractivity contribution in [3.8, 4) is 0 Å². The molecule has 3 nitrogen and oxygen atoms in total. The summed E-state index contributed by atoms with van der Waals surface area (Å²) in [7, 11) is 0. The zero-order valence-electron chi connectivity index (χ0n) is 8.75. The van der Waals surface area contributed by atoms with Crippen LogP contribution in [0.5, 0.6) is 0 Å². The molecule has 1 rings (SSSR count). The van der Waals surface area contributed by atoms with Crippen molar-refractivity contribution < 1.29 is 9.90 Å². The van der Waals surface area contributed by atoms with Gasteiger partial charge in [-0.25, -0.2) is 0 Å². The Balaban J connectivity index is 2.57. The van der Waals surface area contributed by atoms with Crippen molar-refractivity contribution in [3.05, 3.63) is 29.3 Å². The Morgan fingerprint density at radius 3 is 2.40 bits per heavy atom. The van der Waals surface area contributed by atoms with E-state index in [2.05, 4.69) is 5.32 Å². The Bertz CT molecular complexity index is 346. The van der Waals surface area contributed by atoms with Gasteiger partial charge >= 0.3 is 5.97 Å². The zero-order chi connectivity index (χ0) is 11.5. The van der Waals surface area contributed by atoms with Crippen molar-refractivity contribution in [3.63, 3.8) is 0 Å². The van der Waals surface area contributed by atoms with Crippen LogP contribution >= 0.6 is 11.6 Å². The topological polar surface area (TPSA) is 49.3 Å². The molecule has 2 N–H and O–H groups in total. The van der Waals surface area contributed by atoms with Crippen LogP contribution in [0.3, 0.4) is 0 Å². The fraction of sp³-hybridized carbons (Fsp3) is 0.364. The second kappa shape index (κ2) is 4.53. The molecule has 1 aromatic carbocycles. The van der Waals surface area contributed by atoms with E-state index in [9.17, 15) is 4.79 Å². The van der Waals surface area contributed by atoms with Gasteiger partial charge in [-0.3, -0.25) is 4.79 Å². The van der Waals surface area contributed by atoms with Crippen molar-refractivity contribution in [1.82, 2.24) is 0 Å². The molecule has 4 heteroatoms. The number of halogens is 1. The number of anilines is 1. The Hall–Kier alpha value is -1.22. The highest BCUT2D eigenvalue weighted by molar-refractivity contribution is 6.30. The summed E-state index contributed by atoms with van der Waals surface area (Å²) in [5, 5.41) is 12.6. The lowest BCUT2D eigenvalue weighted by atomic mass is 9.94. The number of aliphatic carboxylic acids is 1. The third-order valence-electron chi connectivity index (χ3n) is 2.16. The number of carbonyl (C=O) groups is 1. The average molecular weight is 228 g/mol. The van der Waals surface area contributed by atoms with Gasteiger partial charge in [-0.2, -0.15) is 0 Å². The summed E-state index contributed by atoms with van der Waals surface area (Å²) in [6.45, 7) is 3.74. The normalized spacial score (nSPS) is 11.1. The maximum atomic E-state index is 10.8. The summed E-state index contributed by atoms with van der Waals surface area (Å²) in [6.07, 6.45) is 0. The van der Waals surface area contributed by atoms with E-state index < -0.39 is 11.4 Å². The summed E-state index contributed by atoms with van der Waals surface area (Å²) in [5.74, 6) is -0.816. The average Bonchev–Trinajstić information content (AvgIpc) is 2.17. The standard InChI is InChI=1S/C11H14ClNO2/c1-11(2,10(14)15)7-13-9-5-3-8(12)4-6-9/h3-6,13H,7H2,1-2H3,(H,14,15). The summed E-state index contributed by atoms with van der Waals surface area (Å²) in [5.41, 5.74) is 0.0911. The lowest BCUT2D eigenvalue weighted by Crippen LogP contribution is -2.31. The molecule has 1 aromatic rings. The van der Waals surface area contributed by atoms with E-state index in [1.165, 1.54) is 0 Å². The summed E-state index contributed by atoms with van der Waals surface area (Å²) >= 11 is 5.73. The van der Waals surface area contributed by atoms with Gasteiger partial charge in [0.15, 0.2) is 0 Å². The number of carboxylic acids is 1. The Labute approximate surface area is 94.1 Å². The van der Waals surface area contributed by atoms with Gasteiger partial charge in [0.25, 0.3) is 0 Å². The van der Waals surface area contributed by atoms with Crippen molar-refractivity contribution in [2.75, 3.05) is 11.9 Å². The van der Waals surface area contributed by atoms with Crippen LogP contribution < -0.4 is 5.32 Å². The fourth-order valence-corrected chi connectivity index (χ4v) is 1.09. The van der Waals surface area contributed by atoms with Crippen LogP contribution in [-0.2, 0) is 4.79 Å². The molecule has 0 radical (unpaired) electrons. The van der Waals surface area contributed by atoms with Crippen molar-refractivity contribution in [2.45, 2.75) is 13.8 Å². The third-order valence-corrected chi connectivity index (χ3v) is 2.41. The van der Waals surface area contributed by atoms with Gasteiger partial charge in [-0.15, -0.1) is 0 Å². The highest BCUT2D eigenvalue weighted by Gasteiger charge is 2.26. The first-order valence-electron chi connectivity index (χ1n) is 4.65. The van der Waals surface area contributed by atoms with Crippen molar-refractivity contribution in [1.29, 1.82) is 0 Å².